The lowest BCUT2D eigenvalue weighted by molar-refractivity contribution is -0.663. The molecule has 0 atom stereocenters. The van der Waals surface area contributed by atoms with Gasteiger partial charge >= 0.3 is 0 Å². The minimum atomic E-state index is 0.118. The zero-order chi connectivity index (χ0) is 20.7. The van der Waals surface area contributed by atoms with E-state index >= 15 is 0 Å². The number of carbonyl (C=O) groups is 1. The highest BCUT2D eigenvalue weighted by Crippen LogP contribution is 2.26. The van der Waals surface area contributed by atoms with Crippen LogP contribution in [-0.2, 0) is 19.5 Å². The number of rotatable bonds is 5. The zero-order valence-electron chi connectivity index (χ0n) is 17.4. The summed E-state index contributed by atoms with van der Waals surface area (Å²) < 4.78 is 9.97. The molecule has 0 saturated heterocycles. The van der Waals surface area contributed by atoms with Gasteiger partial charge in [-0.3, -0.25) is 4.79 Å². The van der Waals surface area contributed by atoms with Crippen LogP contribution < -0.4 is 9.30 Å². The maximum Gasteiger partial charge on any atom is 0.245 e. The third kappa shape index (κ3) is 3.39. The van der Waals surface area contributed by atoms with E-state index in [1.165, 1.54) is 22.3 Å². The Morgan fingerprint density at radius 1 is 1.03 bits per heavy atom. The number of ketones is 1. The molecule has 4 aromatic rings. The predicted octanol–water partition coefficient (Wildman–Crippen LogP) is 4.41. The Balaban J connectivity index is 1.53. The van der Waals surface area contributed by atoms with Gasteiger partial charge < -0.3 is 4.74 Å². The number of hydrogen-bond donors (Lipinski definition) is 0. The summed E-state index contributed by atoms with van der Waals surface area (Å²) in [5.41, 5.74) is 8.00. The van der Waals surface area contributed by atoms with Gasteiger partial charge in [-0.05, 0) is 60.4 Å². The quantitative estimate of drug-likeness (QED) is 0.369. The standard InChI is InChI=1S/C26H25N2O2/c1-18-12-23-24(13-19(18)2)28(16-25(29)21-6-4-3-5-7-21)17-27(23)15-20-8-9-26-22(14-20)10-11-30-26/h3-9,12-14,17H,10-11,15-16H2,1-2H3/q+1. The van der Waals surface area contributed by atoms with Gasteiger partial charge in [0, 0.05) is 12.0 Å². The number of fused-ring (bicyclic) bond motifs is 2. The molecule has 3 aromatic carbocycles. The Morgan fingerprint density at radius 2 is 1.83 bits per heavy atom. The van der Waals surface area contributed by atoms with Crippen molar-refractivity contribution in [3.63, 3.8) is 0 Å². The number of aromatic nitrogens is 2. The molecule has 4 heteroatoms. The fourth-order valence-electron chi connectivity index (χ4n) is 4.20. The summed E-state index contributed by atoms with van der Waals surface area (Å²) in [7, 11) is 0. The number of benzene rings is 3. The van der Waals surface area contributed by atoms with E-state index in [2.05, 4.69) is 59.6 Å². The topological polar surface area (TPSA) is 35.1 Å². The first-order valence-corrected chi connectivity index (χ1v) is 10.4. The highest BCUT2D eigenvalue weighted by atomic mass is 16.5. The van der Waals surface area contributed by atoms with Crippen molar-refractivity contribution in [1.82, 2.24) is 4.57 Å². The summed E-state index contributed by atoms with van der Waals surface area (Å²) in [5.74, 6) is 1.12. The number of ether oxygens (including phenoxy) is 1. The van der Waals surface area contributed by atoms with Gasteiger partial charge in [-0.1, -0.05) is 36.4 Å². The summed E-state index contributed by atoms with van der Waals surface area (Å²) in [4.78, 5) is 12.9. The highest BCUT2D eigenvalue weighted by molar-refractivity contribution is 5.96. The molecule has 0 N–H and O–H groups in total. The smallest absolute Gasteiger partial charge is 0.245 e. The van der Waals surface area contributed by atoms with Crippen LogP contribution in [0.1, 0.15) is 32.6 Å². The van der Waals surface area contributed by atoms with Crippen LogP contribution in [0.4, 0.5) is 0 Å². The number of imidazole rings is 1. The lowest BCUT2D eigenvalue weighted by Gasteiger charge is -2.03. The molecule has 0 spiro atoms. The van der Waals surface area contributed by atoms with Gasteiger partial charge in [0.1, 0.15) is 12.3 Å². The maximum absolute atomic E-state index is 12.9. The first-order chi connectivity index (χ1) is 14.6. The molecule has 1 aliphatic rings. The molecule has 0 aliphatic carbocycles. The van der Waals surface area contributed by atoms with Crippen LogP contribution in [0.15, 0.2) is 67.0 Å². The molecule has 150 valence electrons. The van der Waals surface area contributed by atoms with Gasteiger partial charge in [0.25, 0.3) is 0 Å². The molecule has 0 fully saturated rings. The number of aryl methyl sites for hydroxylation is 2. The molecule has 4 nitrogen and oxygen atoms in total. The molecule has 30 heavy (non-hydrogen) atoms. The van der Waals surface area contributed by atoms with E-state index < -0.39 is 0 Å². The third-order valence-electron chi connectivity index (χ3n) is 6.01. The van der Waals surface area contributed by atoms with E-state index in [-0.39, 0.29) is 5.78 Å². The lowest BCUT2D eigenvalue weighted by atomic mass is 10.1. The molecule has 0 radical (unpaired) electrons. The van der Waals surface area contributed by atoms with Gasteiger partial charge in [-0.2, -0.15) is 0 Å². The van der Waals surface area contributed by atoms with Crippen molar-refractivity contribution < 1.29 is 14.1 Å². The fourth-order valence-corrected chi connectivity index (χ4v) is 4.20. The Hall–Kier alpha value is -3.40. The predicted molar refractivity (Wildman–Crippen MR) is 117 cm³/mol. The van der Waals surface area contributed by atoms with E-state index in [9.17, 15) is 4.79 Å². The van der Waals surface area contributed by atoms with Gasteiger partial charge in [-0.15, -0.1) is 0 Å². The first kappa shape index (κ1) is 18.6. The van der Waals surface area contributed by atoms with Crippen LogP contribution in [0.2, 0.25) is 0 Å². The van der Waals surface area contributed by atoms with Crippen molar-refractivity contribution in [2.45, 2.75) is 33.4 Å². The van der Waals surface area contributed by atoms with E-state index in [0.29, 0.717) is 6.54 Å². The lowest BCUT2D eigenvalue weighted by Crippen LogP contribution is -2.33. The molecule has 1 aromatic heterocycles. The number of nitrogens with zero attached hydrogens (tertiary/aromatic N) is 2. The monoisotopic (exact) mass is 397 g/mol. The van der Waals surface area contributed by atoms with Crippen LogP contribution in [0.3, 0.4) is 0 Å². The molecular weight excluding hydrogens is 372 g/mol. The van der Waals surface area contributed by atoms with Gasteiger partial charge in [0.05, 0.1) is 6.61 Å². The van der Waals surface area contributed by atoms with E-state index in [4.69, 9.17) is 4.74 Å². The van der Waals surface area contributed by atoms with Crippen molar-refractivity contribution in [3.8, 4) is 5.75 Å². The van der Waals surface area contributed by atoms with Crippen LogP contribution >= 0.6 is 0 Å². The Kier molecular flexibility index (Phi) is 4.62. The second-order valence-corrected chi connectivity index (χ2v) is 8.13. The molecule has 0 saturated carbocycles. The van der Waals surface area contributed by atoms with Crippen molar-refractivity contribution in [2.24, 2.45) is 0 Å². The van der Waals surface area contributed by atoms with Crippen molar-refractivity contribution in [2.75, 3.05) is 6.61 Å². The molecule has 5 rings (SSSR count). The van der Waals surface area contributed by atoms with Gasteiger partial charge in [-0.25, -0.2) is 9.13 Å². The average molecular weight is 397 g/mol. The summed E-state index contributed by atoms with van der Waals surface area (Å²) in [6.07, 6.45) is 3.05. The second kappa shape index (κ2) is 7.45. The zero-order valence-corrected chi connectivity index (χ0v) is 17.4. The Morgan fingerprint density at radius 3 is 2.67 bits per heavy atom. The largest absolute Gasteiger partial charge is 0.493 e. The van der Waals surface area contributed by atoms with Gasteiger partial charge in [0.2, 0.25) is 12.1 Å². The van der Waals surface area contributed by atoms with Crippen LogP contribution in [0.5, 0.6) is 5.75 Å². The van der Waals surface area contributed by atoms with Gasteiger partial charge in [0.15, 0.2) is 17.6 Å². The molecule has 0 amide bonds. The molecule has 0 unspecified atom stereocenters. The molecule has 0 bridgehead atoms. The number of carbonyl (C=O) groups excluding carboxylic acids is 1. The molecule has 2 heterocycles. The first-order valence-electron chi connectivity index (χ1n) is 10.4. The third-order valence-corrected chi connectivity index (χ3v) is 6.01. The summed E-state index contributed by atoms with van der Waals surface area (Å²) in [6.45, 7) is 6.12. The van der Waals surface area contributed by atoms with E-state index in [1.807, 2.05) is 30.3 Å². The normalized spacial score (nSPS) is 12.7. The minimum absolute atomic E-state index is 0.118. The number of hydrogen-bond acceptors (Lipinski definition) is 2. The van der Waals surface area contributed by atoms with Crippen molar-refractivity contribution >= 4 is 16.8 Å². The molecular formula is C26H25N2O2+. The van der Waals surface area contributed by atoms with E-state index in [0.717, 1.165) is 41.9 Å². The number of Topliss-reactive ketones (excluding diaryl/α,β-unsaturated/α-hetero) is 1. The fraction of sp³-hybridized carbons (Fsp3) is 0.231. The van der Waals surface area contributed by atoms with Crippen LogP contribution in [0, 0.1) is 13.8 Å². The van der Waals surface area contributed by atoms with Crippen LogP contribution in [0.25, 0.3) is 11.0 Å². The average Bonchev–Trinajstić information content (AvgIpc) is 3.34. The second-order valence-electron chi connectivity index (χ2n) is 8.13. The van der Waals surface area contributed by atoms with E-state index in [1.54, 1.807) is 0 Å². The minimum Gasteiger partial charge on any atom is -0.493 e. The summed E-state index contributed by atoms with van der Waals surface area (Å²) in [6, 6.07) is 20.4. The molecule has 1 aliphatic heterocycles. The summed E-state index contributed by atoms with van der Waals surface area (Å²) in [5, 5.41) is 0. The van der Waals surface area contributed by atoms with Crippen molar-refractivity contribution in [1.29, 1.82) is 0 Å². The highest BCUT2D eigenvalue weighted by Gasteiger charge is 2.21. The Bertz CT molecular complexity index is 1260. The maximum atomic E-state index is 12.9. The van der Waals surface area contributed by atoms with Crippen LogP contribution in [-0.4, -0.2) is 17.0 Å². The van der Waals surface area contributed by atoms with Crippen molar-refractivity contribution in [3.05, 3.63) is 94.8 Å². The summed E-state index contributed by atoms with van der Waals surface area (Å²) >= 11 is 0. The Labute approximate surface area is 176 Å². The SMILES string of the molecule is Cc1cc2c(cc1C)[n+](Cc1ccc3c(c1)CCO3)cn2CC(=O)c1ccccc1.